The highest BCUT2D eigenvalue weighted by molar-refractivity contribution is 7.91. The van der Waals surface area contributed by atoms with E-state index < -0.39 is 38.3 Å². The zero-order valence-electron chi connectivity index (χ0n) is 16.8. The first-order chi connectivity index (χ1) is 14.0. The summed E-state index contributed by atoms with van der Waals surface area (Å²) < 4.78 is 75.2. The van der Waals surface area contributed by atoms with Crippen molar-refractivity contribution in [3.05, 3.63) is 29.1 Å². The second-order valence-electron chi connectivity index (χ2n) is 9.08. The Hall–Kier alpha value is -1.77. The number of carbonyl (C=O) groups excluding carboxylic acids is 1. The normalized spacial score (nSPS) is 26.3. The molecule has 30 heavy (non-hydrogen) atoms. The van der Waals surface area contributed by atoms with E-state index in [4.69, 9.17) is 4.74 Å². The predicted molar refractivity (Wildman–Crippen MR) is 105 cm³/mol. The van der Waals surface area contributed by atoms with Crippen LogP contribution in [0, 0.1) is 11.2 Å². The van der Waals surface area contributed by atoms with Gasteiger partial charge in [-0.25, -0.2) is 26.3 Å². The summed E-state index contributed by atoms with van der Waals surface area (Å²) >= 11 is 0. The van der Waals surface area contributed by atoms with Gasteiger partial charge in [0.2, 0.25) is 10.0 Å². The second kappa shape index (κ2) is 7.43. The van der Waals surface area contributed by atoms with Crippen LogP contribution >= 0.6 is 0 Å². The van der Waals surface area contributed by atoms with Gasteiger partial charge < -0.3 is 4.74 Å². The fraction of sp³-hybridized carbons (Fsp3) is 0.667. The number of benzene rings is 1. The zero-order valence-corrected chi connectivity index (χ0v) is 17.7. The van der Waals surface area contributed by atoms with Gasteiger partial charge in [0.25, 0.3) is 11.8 Å². The molecule has 0 unspecified atom stereocenters. The van der Waals surface area contributed by atoms with Gasteiger partial charge in [-0.3, -0.25) is 4.79 Å². The summed E-state index contributed by atoms with van der Waals surface area (Å²) in [6.07, 6.45) is 3.88. The van der Waals surface area contributed by atoms with Gasteiger partial charge in [0.1, 0.15) is 11.6 Å². The van der Waals surface area contributed by atoms with E-state index in [1.54, 1.807) is 0 Å². The van der Waals surface area contributed by atoms with Crippen molar-refractivity contribution in [1.29, 1.82) is 0 Å². The van der Waals surface area contributed by atoms with Crippen molar-refractivity contribution in [2.45, 2.75) is 75.4 Å². The average molecular weight is 446 g/mol. The minimum atomic E-state index is -3.81. The topological polar surface area (TPSA) is 72.5 Å². The number of hydrogen-bond donors (Lipinski definition) is 1. The molecular weight excluding hydrogens is 419 g/mol. The van der Waals surface area contributed by atoms with Crippen LogP contribution in [-0.2, 0) is 10.0 Å². The van der Waals surface area contributed by atoms with E-state index in [-0.39, 0.29) is 30.3 Å². The summed E-state index contributed by atoms with van der Waals surface area (Å²) in [6, 6.07) is 2.33. The Morgan fingerprint density at radius 2 is 1.83 bits per heavy atom. The maximum absolute atomic E-state index is 14.7. The molecule has 1 aromatic carbocycles. The van der Waals surface area contributed by atoms with Crippen LogP contribution in [0.25, 0.3) is 0 Å². The molecule has 1 N–H and O–H groups in total. The SMILES string of the molecule is C[C@]1(COc2cc(F)c(C(=O)NS(=O)(=O)C3CC3)cc2C2CC2)CCCCC1(F)F. The minimum Gasteiger partial charge on any atom is -0.492 e. The summed E-state index contributed by atoms with van der Waals surface area (Å²) in [5, 5.41) is -0.604. The summed E-state index contributed by atoms with van der Waals surface area (Å²) in [7, 11) is -3.81. The van der Waals surface area contributed by atoms with Crippen LogP contribution in [0.15, 0.2) is 12.1 Å². The lowest BCUT2D eigenvalue weighted by atomic mass is 9.73. The van der Waals surface area contributed by atoms with E-state index in [0.717, 1.165) is 18.9 Å². The number of amides is 1. The number of halogens is 3. The van der Waals surface area contributed by atoms with Crippen LogP contribution in [0.5, 0.6) is 5.75 Å². The number of sulfonamides is 1. The van der Waals surface area contributed by atoms with Gasteiger partial charge in [-0.15, -0.1) is 0 Å². The summed E-state index contributed by atoms with van der Waals surface area (Å²) in [6.45, 7) is 1.24. The molecule has 0 aromatic heterocycles. The van der Waals surface area contributed by atoms with Crippen LogP contribution < -0.4 is 9.46 Å². The third-order valence-corrected chi connectivity index (χ3v) is 8.28. The number of carbonyl (C=O) groups is 1. The van der Waals surface area contributed by atoms with Crippen molar-refractivity contribution in [1.82, 2.24) is 4.72 Å². The molecule has 1 amide bonds. The number of hydrogen-bond acceptors (Lipinski definition) is 4. The Labute approximate surface area is 174 Å². The molecule has 0 heterocycles. The van der Waals surface area contributed by atoms with Crippen molar-refractivity contribution >= 4 is 15.9 Å². The summed E-state index contributed by atoms with van der Waals surface area (Å²) in [5.41, 5.74) is -1.15. The van der Waals surface area contributed by atoms with Gasteiger partial charge in [-0.2, -0.15) is 0 Å². The van der Waals surface area contributed by atoms with Gasteiger partial charge in [-0.05, 0) is 56.1 Å². The van der Waals surface area contributed by atoms with Crippen molar-refractivity contribution in [2.75, 3.05) is 6.61 Å². The van der Waals surface area contributed by atoms with Crippen LogP contribution in [0.2, 0.25) is 0 Å². The molecule has 9 heteroatoms. The molecule has 0 aliphatic heterocycles. The molecule has 0 saturated heterocycles. The van der Waals surface area contributed by atoms with E-state index >= 15 is 0 Å². The molecule has 3 aliphatic rings. The molecule has 3 aliphatic carbocycles. The molecule has 0 bridgehead atoms. The lowest BCUT2D eigenvalue weighted by Gasteiger charge is -2.40. The number of ether oxygens (including phenoxy) is 1. The first kappa shape index (κ1) is 21.5. The quantitative estimate of drug-likeness (QED) is 0.670. The van der Waals surface area contributed by atoms with E-state index in [1.165, 1.54) is 13.0 Å². The Bertz CT molecular complexity index is 957. The lowest BCUT2D eigenvalue weighted by molar-refractivity contribution is -0.155. The van der Waals surface area contributed by atoms with Crippen LogP contribution in [0.4, 0.5) is 13.2 Å². The Morgan fingerprint density at radius 3 is 2.43 bits per heavy atom. The molecule has 3 saturated carbocycles. The first-order valence-electron chi connectivity index (χ1n) is 10.4. The maximum atomic E-state index is 14.7. The maximum Gasteiger partial charge on any atom is 0.267 e. The van der Waals surface area contributed by atoms with E-state index in [9.17, 15) is 26.4 Å². The minimum absolute atomic E-state index is 0.0480. The van der Waals surface area contributed by atoms with E-state index in [2.05, 4.69) is 0 Å². The van der Waals surface area contributed by atoms with Crippen LogP contribution in [0.3, 0.4) is 0 Å². The number of nitrogens with one attached hydrogen (secondary N) is 1. The molecule has 0 radical (unpaired) electrons. The van der Waals surface area contributed by atoms with Crippen molar-refractivity contribution in [3.63, 3.8) is 0 Å². The monoisotopic (exact) mass is 445 g/mol. The highest BCUT2D eigenvalue weighted by Crippen LogP contribution is 2.49. The molecule has 5 nitrogen and oxygen atoms in total. The molecule has 1 aromatic rings. The number of alkyl halides is 2. The predicted octanol–water partition coefficient (Wildman–Crippen LogP) is 4.52. The fourth-order valence-corrected chi connectivity index (χ4v) is 5.28. The van der Waals surface area contributed by atoms with Crippen molar-refractivity contribution in [2.24, 2.45) is 5.41 Å². The molecule has 1 atom stereocenters. The Kier molecular flexibility index (Phi) is 5.31. The molecule has 3 fully saturated rings. The highest BCUT2D eigenvalue weighted by atomic mass is 32.2. The van der Waals surface area contributed by atoms with Crippen LogP contribution in [-0.4, -0.2) is 32.1 Å². The highest BCUT2D eigenvalue weighted by Gasteiger charge is 2.52. The largest absolute Gasteiger partial charge is 0.492 e. The summed E-state index contributed by atoms with van der Waals surface area (Å²) in [4.78, 5) is 12.4. The van der Waals surface area contributed by atoms with Gasteiger partial charge >= 0.3 is 0 Å². The molecule has 0 spiro atoms. The van der Waals surface area contributed by atoms with Gasteiger partial charge in [0, 0.05) is 12.5 Å². The van der Waals surface area contributed by atoms with Gasteiger partial charge in [0.05, 0.1) is 22.8 Å². The van der Waals surface area contributed by atoms with Gasteiger partial charge in [-0.1, -0.05) is 13.3 Å². The second-order valence-corrected chi connectivity index (χ2v) is 11.0. The smallest absolute Gasteiger partial charge is 0.267 e. The third kappa shape index (κ3) is 4.18. The molecular formula is C21H26F3NO4S. The Morgan fingerprint density at radius 1 is 1.17 bits per heavy atom. The van der Waals surface area contributed by atoms with E-state index in [1.807, 2.05) is 4.72 Å². The summed E-state index contributed by atoms with van der Waals surface area (Å²) in [5.74, 6) is -4.61. The fourth-order valence-electron chi connectivity index (χ4n) is 3.99. The standard InChI is InChI=1S/C21H26F3NO4S/c1-20(8-2-3-9-21(20,23)24)12-29-18-11-17(22)16(10-15(18)13-4-5-13)19(26)25-30(27,28)14-6-7-14/h10-11,13-14H,2-9,12H2,1H3,(H,25,26)/t20-/m1/s1. The van der Waals surface area contributed by atoms with Crippen molar-refractivity contribution in [3.8, 4) is 5.75 Å². The Balaban J connectivity index is 1.56. The van der Waals surface area contributed by atoms with Crippen molar-refractivity contribution < 1.29 is 31.1 Å². The van der Waals surface area contributed by atoms with Gasteiger partial charge in [0.15, 0.2) is 0 Å². The van der Waals surface area contributed by atoms with E-state index in [0.29, 0.717) is 37.7 Å². The average Bonchev–Trinajstić information content (AvgIpc) is 3.54. The zero-order chi connectivity index (χ0) is 21.7. The molecule has 166 valence electrons. The third-order valence-electron chi connectivity index (χ3n) is 6.46. The molecule has 4 rings (SSSR count). The lowest BCUT2D eigenvalue weighted by Crippen LogP contribution is -2.46. The van der Waals surface area contributed by atoms with Crippen LogP contribution in [0.1, 0.15) is 80.1 Å². The number of rotatable bonds is 7. The first-order valence-corrected chi connectivity index (χ1v) is 12.0.